The molecule has 1 unspecified atom stereocenters. The van der Waals surface area contributed by atoms with Crippen molar-refractivity contribution in [2.75, 3.05) is 31.6 Å². The average molecular weight is 282 g/mol. The lowest BCUT2D eigenvalue weighted by Crippen LogP contribution is -2.39. The summed E-state index contributed by atoms with van der Waals surface area (Å²) in [5.74, 6) is 0. The zero-order valence-corrected chi connectivity index (χ0v) is 12.7. The van der Waals surface area contributed by atoms with E-state index in [1.54, 1.807) is 0 Å². The van der Waals surface area contributed by atoms with Crippen molar-refractivity contribution in [2.45, 2.75) is 32.4 Å². The number of halogens is 1. The van der Waals surface area contributed by atoms with Gasteiger partial charge in [-0.3, -0.25) is 4.90 Å². The van der Waals surface area contributed by atoms with Crippen LogP contribution >= 0.6 is 11.6 Å². The Morgan fingerprint density at radius 2 is 2.26 bits per heavy atom. The first kappa shape index (κ1) is 14.6. The second kappa shape index (κ2) is 6.60. The van der Waals surface area contributed by atoms with Gasteiger partial charge in [0, 0.05) is 42.5 Å². The number of likely N-dealkylation sites (tertiary alicyclic amines) is 1. The second-order valence-electron chi connectivity index (χ2n) is 5.25. The molecule has 1 aromatic carbocycles. The summed E-state index contributed by atoms with van der Waals surface area (Å²) in [6.07, 6.45) is 2.60. The van der Waals surface area contributed by atoms with E-state index in [2.05, 4.69) is 29.8 Å². The van der Waals surface area contributed by atoms with Crippen molar-refractivity contribution in [2.24, 2.45) is 5.73 Å². The number of benzene rings is 1. The molecule has 0 amide bonds. The first-order chi connectivity index (χ1) is 9.17. The maximum atomic E-state index is 6.23. The van der Waals surface area contributed by atoms with Gasteiger partial charge in [0.15, 0.2) is 0 Å². The van der Waals surface area contributed by atoms with Crippen LogP contribution < -0.4 is 10.6 Å². The summed E-state index contributed by atoms with van der Waals surface area (Å²) in [5.41, 5.74) is 8.04. The number of hydrogen-bond donors (Lipinski definition) is 1. The molecule has 106 valence electrons. The second-order valence-corrected chi connectivity index (χ2v) is 5.65. The molecule has 0 spiro atoms. The topological polar surface area (TPSA) is 32.5 Å². The summed E-state index contributed by atoms with van der Waals surface area (Å²) in [6, 6.07) is 6.67. The lowest BCUT2D eigenvalue weighted by molar-refractivity contribution is 0.270. The molecule has 0 aliphatic carbocycles. The van der Waals surface area contributed by atoms with Gasteiger partial charge in [-0.2, -0.15) is 0 Å². The predicted octanol–water partition coefficient (Wildman–Crippen LogP) is 2.72. The molecule has 19 heavy (non-hydrogen) atoms. The van der Waals surface area contributed by atoms with Crippen molar-refractivity contribution in [1.82, 2.24) is 4.90 Å². The van der Waals surface area contributed by atoms with E-state index in [1.165, 1.54) is 19.4 Å². The van der Waals surface area contributed by atoms with Crippen molar-refractivity contribution < 1.29 is 0 Å². The average Bonchev–Trinajstić information content (AvgIpc) is 2.85. The standard InChI is InChI=1S/C15H24ClN3/c1-3-19-9-5-6-12(19)11-18(2)15-8-4-7-14(16)13(15)10-17/h4,7-8,12H,3,5-6,9-11,17H2,1-2H3. The summed E-state index contributed by atoms with van der Waals surface area (Å²) in [5, 5.41) is 0.769. The molecule has 1 aliphatic heterocycles. The minimum Gasteiger partial charge on any atom is -0.373 e. The number of nitrogens with zero attached hydrogens (tertiary/aromatic N) is 2. The molecule has 4 heteroatoms. The number of rotatable bonds is 5. The minimum absolute atomic E-state index is 0.488. The Kier molecular flexibility index (Phi) is 5.08. The van der Waals surface area contributed by atoms with Crippen LogP contribution in [0.4, 0.5) is 5.69 Å². The van der Waals surface area contributed by atoms with E-state index < -0.39 is 0 Å². The van der Waals surface area contributed by atoms with Crippen molar-refractivity contribution >= 4 is 17.3 Å². The van der Waals surface area contributed by atoms with Crippen molar-refractivity contribution in [3.8, 4) is 0 Å². The fourth-order valence-corrected chi connectivity index (χ4v) is 3.29. The van der Waals surface area contributed by atoms with Gasteiger partial charge in [0.2, 0.25) is 0 Å². The highest BCUT2D eigenvalue weighted by molar-refractivity contribution is 6.31. The molecule has 0 radical (unpaired) electrons. The largest absolute Gasteiger partial charge is 0.373 e. The molecule has 0 aromatic heterocycles. The summed E-state index contributed by atoms with van der Waals surface area (Å²) in [6.45, 7) is 6.14. The highest BCUT2D eigenvalue weighted by atomic mass is 35.5. The number of hydrogen-bond acceptors (Lipinski definition) is 3. The van der Waals surface area contributed by atoms with Crippen LogP contribution in [0.15, 0.2) is 18.2 Å². The zero-order valence-electron chi connectivity index (χ0n) is 11.9. The molecule has 0 saturated carbocycles. The van der Waals surface area contributed by atoms with Crippen LogP contribution in [0.5, 0.6) is 0 Å². The third-order valence-electron chi connectivity index (χ3n) is 4.10. The molecular formula is C15H24ClN3. The minimum atomic E-state index is 0.488. The number of likely N-dealkylation sites (N-methyl/N-ethyl adjacent to an activating group) is 2. The smallest absolute Gasteiger partial charge is 0.0471 e. The molecule has 1 fully saturated rings. The monoisotopic (exact) mass is 281 g/mol. The quantitative estimate of drug-likeness (QED) is 0.901. The summed E-state index contributed by atoms with van der Waals surface area (Å²) < 4.78 is 0. The highest BCUT2D eigenvalue weighted by Crippen LogP contribution is 2.28. The molecule has 3 nitrogen and oxygen atoms in total. The summed E-state index contributed by atoms with van der Waals surface area (Å²) >= 11 is 6.23. The lowest BCUT2D eigenvalue weighted by atomic mass is 10.1. The Labute approximate surface area is 121 Å². The maximum Gasteiger partial charge on any atom is 0.0471 e. The van der Waals surface area contributed by atoms with Crippen LogP contribution in [0, 0.1) is 0 Å². The van der Waals surface area contributed by atoms with Crippen LogP contribution in [-0.2, 0) is 6.54 Å². The summed E-state index contributed by atoms with van der Waals surface area (Å²) in [4.78, 5) is 4.86. The molecule has 2 N–H and O–H groups in total. The number of nitrogens with two attached hydrogens (primary N) is 1. The molecule has 1 aliphatic rings. The lowest BCUT2D eigenvalue weighted by Gasteiger charge is -2.30. The first-order valence-electron chi connectivity index (χ1n) is 7.10. The van der Waals surface area contributed by atoms with E-state index in [0.29, 0.717) is 12.6 Å². The van der Waals surface area contributed by atoms with Crippen molar-refractivity contribution in [3.05, 3.63) is 28.8 Å². The predicted molar refractivity (Wildman–Crippen MR) is 82.9 cm³/mol. The van der Waals surface area contributed by atoms with Crippen molar-refractivity contribution in [1.29, 1.82) is 0 Å². The highest BCUT2D eigenvalue weighted by Gasteiger charge is 2.24. The fourth-order valence-electron chi connectivity index (χ4n) is 3.04. The third kappa shape index (κ3) is 3.22. The molecule has 1 atom stereocenters. The molecule has 1 saturated heterocycles. The van der Waals surface area contributed by atoms with Gasteiger partial charge in [-0.15, -0.1) is 0 Å². The zero-order chi connectivity index (χ0) is 13.8. The normalized spacial score (nSPS) is 19.9. The van der Waals surface area contributed by atoms with Crippen LogP contribution in [0.1, 0.15) is 25.3 Å². The van der Waals surface area contributed by atoms with Gasteiger partial charge in [0.25, 0.3) is 0 Å². The van der Waals surface area contributed by atoms with Gasteiger partial charge in [-0.05, 0) is 38.1 Å². The van der Waals surface area contributed by atoms with Gasteiger partial charge in [0.05, 0.1) is 0 Å². The van der Waals surface area contributed by atoms with E-state index >= 15 is 0 Å². The van der Waals surface area contributed by atoms with E-state index in [-0.39, 0.29) is 0 Å². The Balaban J connectivity index is 2.11. The fraction of sp³-hybridized carbons (Fsp3) is 0.600. The maximum absolute atomic E-state index is 6.23. The van der Waals surface area contributed by atoms with E-state index in [0.717, 1.165) is 29.4 Å². The Morgan fingerprint density at radius 3 is 2.95 bits per heavy atom. The van der Waals surface area contributed by atoms with Gasteiger partial charge < -0.3 is 10.6 Å². The Morgan fingerprint density at radius 1 is 1.47 bits per heavy atom. The van der Waals surface area contributed by atoms with E-state index in [4.69, 9.17) is 17.3 Å². The Bertz CT molecular complexity index is 422. The Hall–Kier alpha value is -0.770. The SMILES string of the molecule is CCN1CCCC1CN(C)c1cccc(Cl)c1CN. The van der Waals surface area contributed by atoms with E-state index in [1.807, 2.05) is 12.1 Å². The van der Waals surface area contributed by atoms with Gasteiger partial charge in [0.1, 0.15) is 0 Å². The third-order valence-corrected chi connectivity index (χ3v) is 4.45. The molecule has 2 rings (SSSR count). The van der Waals surface area contributed by atoms with E-state index in [9.17, 15) is 0 Å². The summed E-state index contributed by atoms with van der Waals surface area (Å²) in [7, 11) is 2.14. The number of anilines is 1. The molecule has 1 heterocycles. The van der Waals surface area contributed by atoms with Crippen molar-refractivity contribution in [3.63, 3.8) is 0 Å². The van der Waals surface area contributed by atoms with Crippen LogP contribution in [0.25, 0.3) is 0 Å². The van der Waals surface area contributed by atoms with Crippen LogP contribution in [0.3, 0.4) is 0 Å². The first-order valence-corrected chi connectivity index (χ1v) is 7.47. The van der Waals surface area contributed by atoms with Gasteiger partial charge in [-0.1, -0.05) is 24.6 Å². The molecule has 1 aromatic rings. The molecule has 0 bridgehead atoms. The van der Waals surface area contributed by atoms with Crippen LogP contribution in [-0.4, -0.2) is 37.6 Å². The van der Waals surface area contributed by atoms with Gasteiger partial charge in [-0.25, -0.2) is 0 Å². The molecular weight excluding hydrogens is 258 g/mol. The van der Waals surface area contributed by atoms with Crippen LogP contribution in [0.2, 0.25) is 5.02 Å². The van der Waals surface area contributed by atoms with Gasteiger partial charge >= 0.3 is 0 Å².